The summed E-state index contributed by atoms with van der Waals surface area (Å²) in [5, 5.41) is 23.3. The van der Waals surface area contributed by atoms with E-state index in [0.717, 1.165) is 119 Å². The molecule has 5 amide bonds. The summed E-state index contributed by atoms with van der Waals surface area (Å²) in [6.45, 7) is 39.6. The number of rotatable bonds is 12. The number of carbonyl (C=O) groups excluding carboxylic acids is 6. The molecule has 3 saturated heterocycles. The van der Waals surface area contributed by atoms with Gasteiger partial charge in [-0.25, -0.2) is 24.0 Å². The number of carboxylic acids is 2. The van der Waals surface area contributed by atoms with Crippen LogP contribution in [0.2, 0.25) is 0 Å². The number of carbonyl (C=O) groups is 8. The number of amides is 5. The van der Waals surface area contributed by atoms with Gasteiger partial charge in [-0.1, -0.05) is 56.3 Å². The fourth-order valence-electron chi connectivity index (χ4n) is 14.1. The molecular formula is C83H123Cl2LiN6O14S3. The van der Waals surface area contributed by atoms with E-state index in [9.17, 15) is 48.6 Å². The molecule has 0 unspecified atom stereocenters. The molecule has 602 valence electrons. The number of aromatic carboxylic acids is 2. The fraction of sp³-hybridized carbons (Fsp3) is 0.687. The van der Waals surface area contributed by atoms with E-state index < -0.39 is 29.1 Å². The zero-order valence-corrected chi connectivity index (χ0v) is 72.6. The number of halogens is 2. The first-order valence-corrected chi connectivity index (χ1v) is 40.6. The third-order valence-electron chi connectivity index (χ3n) is 19.8. The van der Waals surface area contributed by atoms with Crippen molar-refractivity contribution in [3.8, 4) is 35.5 Å². The van der Waals surface area contributed by atoms with Gasteiger partial charge in [-0.3, -0.25) is 14.4 Å². The maximum atomic E-state index is 14.1. The van der Waals surface area contributed by atoms with Crippen LogP contribution in [0.1, 0.15) is 284 Å². The van der Waals surface area contributed by atoms with Crippen LogP contribution in [0.3, 0.4) is 0 Å². The summed E-state index contributed by atoms with van der Waals surface area (Å²) in [7, 11) is 1.36. The summed E-state index contributed by atoms with van der Waals surface area (Å²) in [6.07, 6.45) is 14.6. The van der Waals surface area contributed by atoms with Gasteiger partial charge in [0.1, 0.15) is 25.8 Å². The molecule has 6 fully saturated rings. The van der Waals surface area contributed by atoms with Gasteiger partial charge in [0.2, 0.25) is 17.7 Å². The number of piperidine rings is 3. The van der Waals surface area contributed by atoms with Crippen LogP contribution in [-0.2, 0) is 28.6 Å². The smallest absolute Gasteiger partial charge is 0.870 e. The first kappa shape index (κ1) is 97.4. The molecule has 20 nitrogen and oxygen atoms in total. The summed E-state index contributed by atoms with van der Waals surface area (Å²) in [5.74, 6) is 18.4. The predicted octanol–water partition coefficient (Wildman–Crippen LogP) is 15.3. The Kier molecular flexibility index (Phi) is 37.9. The van der Waals surface area contributed by atoms with Gasteiger partial charge in [0, 0.05) is 78.3 Å². The van der Waals surface area contributed by atoms with Crippen molar-refractivity contribution in [1.29, 1.82) is 0 Å². The van der Waals surface area contributed by atoms with Crippen molar-refractivity contribution in [1.82, 2.24) is 15.1 Å². The Morgan fingerprint density at radius 3 is 0.936 bits per heavy atom. The summed E-state index contributed by atoms with van der Waals surface area (Å²) >= 11 is 3.58. The van der Waals surface area contributed by atoms with Crippen molar-refractivity contribution in [3.63, 3.8) is 0 Å². The van der Waals surface area contributed by atoms with Crippen LogP contribution >= 0.6 is 58.8 Å². The third kappa shape index (κ3) is 29.6. The minimum Gasteiger partial charge on any atom is -0.870 e. The molecule has 3 aromatic heterocycles. The Labute approximate surface area is 686 Å². The quantitative estimate of drug-likeness (QED) is 0.0659. The van der Waals surface area contributed by atoms with E-state index >= 15 is 0 Å². The van der Waals surface area contributed by atoms with Crippen molar-refractivity contribution >= 4 is 124 Å². The number of nitrogens with one attached hydrogen (secondary N) is 1. The Morgan fingerprint density at radius 2 is 0.688 bits per heavy atom. The average molecular weight is 1600 g/mol. The van der Waals surface area contributed by atoms with Crippen molar-refractivity contribution in [3.05, 3.63) is 47.5 Å². The summed E-state index contributed by atoms with van der Waals surface area (Å²) in [5.41, 5.74) is -0.169. The van der Waals surface area contributed by atoms with Crippen molar-refractivity contribution in [2.24, 2.45) is 51.8 Å². The van der Waals surface area contributed by atoms with Gasteiger partial charge in [-0.2, -0.15) is 0 Å². The monoisotopic (exact) mass is 1600 g/mol. The summed E-state index contributed by atoms with van der Waals surface area (Å²) in [6, 6.07) is 5.19. The van der Waals surface area contributed by atoms with Crippen LogP contribution in [0.5, 0.6) is 0 Å². The van der Waals surface area contributed by atoms with Gasteiger partial charge in [-0.15, -0.1) is 58.8 Å². The maximum absolute atomic E-state index is 14.1. The van der Waals surface area contributed by atoms with Gasteiger partial charge in [0.05, 0.1) is 38.8 Å². The Balaban J connectivity index is 0.000000419. The number of nitrogens with zero attached hydrogens (tertiary/aromatic N) is 5. The molecule has 0 spiro atoms. The number of methoxy groups -OCH3 is 1. The molecule has 6 heterocycles. The Hall–Kier alpha value is -5.76. The standard InChI is InChI=1S/C30H44N2O5S.C29H42N2O5S.C24H34N2O3S.2ClH.Li.H2O/c1-20-9-11-21(12-10-20)26(33)32(22-14-17-31(18-15-22)28(35)37-30(5,6)7)24-19-23(13-16-29(2,3)4)38-25(24)27(34)36-8;1-19-8-10-20(11-9-19)25(32)31(21-13-16-30(17-14-21)27(35)36-29(5,6)7)23-18-22(12-15-28(2,3)4)37-24(23)26(33)34;1-16-5-7-17(8-6-16)22(27)26(18-10-13-25-14-11-18)20-15-19(9-12-24(2,3)4)30-21(20)23(28)29;;;;/h19-22H,9-12,14-15,17-18H2,1-8H3;18-21H,8-11,13-14,16-17H2,1-7H3,(H,33,34);15-18,25H,5-8,10-11,13-14H2,1-4H3,(H,28,29);2*1H;;1H2/q;;;;;+1;/p-1. The molecule has 0 aromatic carbocycles. The fourth-order valence-corrected chi connectivity index (χ4v) is 16.7. The number of carboxylic acid groups (broad SMARTS) is 2. The second-order valence-electron chi connectivity index (χ2n) is 35.0. The van der Waals surface area contributed by atoms with Crippen molar-refractivity contribution in [2.75, 3.05) is 61.1 Å². The first-order valence-electron chi connectivity index (χ1n) is 38.2. The molecule has 109 heavy (non-hydrogen) atoms. The van der Waals surface area contributed by atoms with Crippen molar-refractivity contribution in [2.45, 2.75) is 270 Å². The van der Waals surface area contributed by atoms with E-state index in [1.165, 1.54) is 29.8 Å². The van der Waals surface area contributed by atoms with Crippen LogP contribution in [0.25, 0.3) is 0 Å². The Morgan fingerprint density at radius 1 is 0.431 bits per heavy atom. The third-order valence-corrected chi connectivity index (χ3v) is 22.9. The normalized spacial score (nSPS) is 20.7. The molecule has 9 rings (SSSR count). The molecule has 3 aliphatic heterocycles. The number of ether oxygens (including phenoxy) is 3. The number of thiophene rings is 3. The number of likely N-dealkylation sites (tertiary alicyclic amines) is 2. The molecule has 3 aromatic rings. The number of esters is 1. The number of hydrogen-bond donors (Lipinski definition) is 3. The molecule has 6 aliphatic rings. The van der Waals surface area contributed by atoms with E-state index in [1.807, 2.05) is 126 Å². The van der Waals surface area contributed by atoms with Gasteiger partial charge >= 0.3 is 49.0 Å². The molecule has 26 heteroatoms. The molecular weight excluding hydrogens is 1480 g/mol. The topological polar surface area (TPSA) is 263 Å². The summed E-state index contributed by atoms with van der Waals surface area (Å²) < 4.78 is 16.2. The maximum Gasteiger partial charge on any atom is 1.00 e. The van der Waals surface area contributed by atoms with Gasteiger partial charge < -0.3 is 59.7 Å². The Bertz CT molecular complexity index is 3740. The van der Waals surface area contributed by atoms with Crippen LogP contribution in [0.15, 0.2) is 18.2 Å². The second kappa shape index (κ2) is 42.4. The second-order valence-corrected chi connectivity index (χ2v) is 38.1. The van der Waals surface area contributed by atoms with Gasteiger partial charge in [0.25, 0.3) is 0 Å². The predicted molar refractivity (Wildman–Crippen MR) is 437 cm³/mol. The van der Waals surface area contributed by atoms with Crippen LogP contribution in [0.4, 0.5) is 26.7 Å². The van der Waals surface area contributed by atoms with Gasteiger partial charge in [-0.05, 0) is 268 Å². The van der Waals surface area contributed by atoms with Crippen LogP contribution in [0, 0.1) is 87.3 Å². The summed E-state index contributed by atoms with van der Waals surface area (Å²) in [4.78, 5) is 116. The molecule has 4 N–H and O–H groups in total. The minimum absolute atomic E-state index is 0. The van der Waals surface area contributed by atoms with E-state index in [2.05, 4.69) is 61.6 Å². The average Bonchev–Trinajstić information content (AvgIpc) is 1.67. The SMILES string of the molecule is CC1CCC(C(=O)N(c2cc(C#CC(C)(C)C)sc2C(=O)O)C2CCN(C(=O)OC(C)(C)C)CC2)CC1.CC1CCC(C(=O)N(c2cc(C#CC(C)(C)C)sc2C(=O)O)C2CCNCC2)CC1.COC(=O)c1sc(C#CC(C)(C)C)cc1N(C(=O)C1CCC(C)CC1)C1CCN(C(=O)OC(C)(C)C)CC1.Cl.Cl.[Li+].[OH-]. The van der Waals surface area contributed by atoms with Gasteiger partial charge in [0.15, 0.2) is 0 Å². The van der Waals surface area contributed by atoms with Crippen LogP contribution in [-0.4, -0.2) is 149 Å². The van der Waals surface area contributed by atoms with E-state index in [-0.39, 0.29) is 141 Å². The number of anilines is 3. The van der Waals surface area contributed by atoms with E-state index in [1.54, 1.807) is 20.8 Å². The molecule has 3 saturated carbocycles. The zero-order chi connectivity index (χ0) is 77.7. The van der Waals surface area contributed by atoms with Crippen LogP contribution < -0.4 is 38.9 Å². The molecule has 0 radical (unpaired) electrons. The van der Waals surface area contributed by atoms with E-state index in [4.69, 9.17) is 14.2 Å². The largest absolute Gasteiger partial charge is 1.00 e. The molecule has 0 bridgehead atoms. The first-order chi connectivity index (χ1) is 49.0. The minimum atomic E-state index is -1.05. The van der Waals surface area contributed by atoms with E-state index in [0.29, 0.717) is 101 Å². The van der Waals surface area contributed by atoms with Crippen molar-refractivity contribution < 1.29 is 87.1 Å². The number of hydrogen-bond acceptors (Lipinski definition) is 16. The molecule has 3 aliphatic carbocycles. The zero-order valence-electron chi connectivity index (χ0n) is 68.5. The molecule has 0 atom stereocenters.